The Kier molecular flexibility index (Phi) is 4.20. The third-order valence-electron chi connectivity index (χ3n) is 4.12. The normalized spacial score (nSPS) is 24.4. The molecule has 0 spiro atoms. The molecule has 104 valence electrons. The van der Waals surface area contributed by atoms with Crippen molar-refractivity contribution in [2.75, 3.05) is 6.54 Å². The van der Waals surface area contributed by atoms with Gasteiger partial charge in [0.25, 0.3) is 0 Å². The molecule has 0 aromatic heterocycles. The van der Waals surface area contributed by atoms with Gasteiger partial charge in [-0.3, -0.25) is 9.69 Å². The van der Waals surface area contributed by atoms with Crippen molar-refractivity contribution in [1.29, 1.82) is 0 Å². The van der Waals surface area contributed by atoms with E-state index in [4.69, 9.17) is 0 Å². The predicted octanol–water partition coefficient (Wildman–Crippen LogP) is 2.82. The Balaban J connectivity index is 2.13. The van der Waals surface area contributed by atoms with E-state index in [0.717, 1.165) is 30.5 Å². The van der Waals surface area contributed by atoms with Crippen LogP contribution in [0.4, 0.5) is 4.39 Å². The molecule has 0 radical (unpaired) electrons. The highest BCUT2D eigenvalue weighted by Gasteiger charge is 2.32. The van der Waals surface area contributed by atoms with Crippen LogP contribution in [0.1, 0.15) is 30.9 Å². The molecule has 0 saturated carbocycles. The van der Waals surface area contributed by atoms with Gasteiger partial charge in [0.05, 0.1) is 5.92 Å². The fourth-order valence-electron chi connectivity index (χ4n) is 2.80. The second-order valence-electron chi connectivity index (χ2n) is 5.37. The zero-order valence-electron chi connectivity index (χ0n) is 11.4. The van der Waals surface area contributed by atoms with Crippen molar-refractivity contribution in [1.82, 2.24) is 4.90 Å². The lowest BCUT2D eigenvalue weighted by Gasteiger charge is -2.37. The number of aryl methyl sites for hydroxylation is 1. The Morgan fingerprint density at radius 1 is 1.53 bits per heavy atom. The lowest BCUT2D eigenvalue weighted by molar-refractivity contribution is -0.145. The van der Waals surface area contributed by atoms with Crippen LogP contribution in [-0.4, -0.2) is 28.6 Å². The third kappa shape index (κ3) is 3.13. The number of carboxylic acids is 1. The average Bonchev–Trinajstić information content (AvgIpc) is 2.36. The standard InChI is InChI=1S/C15H20FNO2/c1-10-5-6-13(16)8-12(10)9-17-7-3-4-14(11(17)2)15(18)19/h5-6,8,11,14H,3-4,7,9H2,1-2H3,(H,18,19)/t11-,14-/m1/s1. The second kappa shape index (κ2) is 5.70. The minimum atomic E-state index is -0.729. The van der Waals surface area contributed by atoms with Gasteiger partial charge in [-0.1, -0.05) is 6.07 Å². The minimum Gasteiger partial charge on any atom is -0.481 e. The first-order valence-corrected chi connectivity index (χ1v) is 6.71. The zero-order valence-corrected chi connectivity index (χ0v) is 11.4. The van der Waals surface area contributed by atoms with E-state index in [-0.39, 0.29) is 17.8 Å². The highest BCUT2D eigenvalue weighted by molar-refractivity contribution is 5.71. The molecule has 0 amide bonds. The van der Waals surface area contributed by atoms with Gasteiger partial charge in [0, 0.05) is 12.6 Å². The molecule has 1 fully saturated rings. The number of piperidine rings is 1. The summed E-state index contributed by atoms with van der Waals surface area (Å²) in [5.74, 6) is -1.28. The van der Waals surface area contributed by atoms with Crippen LogP contribution in [0.3, 0.4) is 0 Å². The van der Waals surface area contributed by atoms with Crippen LogP contribution in [0, 0.1) is 18.7 Å². The summed E-state index contributed by atoms with van der Waals surface area (Å²) < 4.78 is 13.3. The number of likely N-dealkylation sites (tertiary alicyclic amines) is 1. The van der Waals surface area contributed by atoms with Crippen LogP contribution in [-0.2, 0) is 11.3 Å². The molecular weight excluding hydrogens is 245 g/mol. The molecule has 1 aromatic carbocycles. The largest absolute Gasteiger partial charge is 0.481 e. The molecule has 0 unspecified atom stereocenters. The smallest absolute Gasteiger partial charge is 0.308 e. The minimum absolute atomic E-state index is 0.00563. The van der Waals surface area contributed by atoms with Crippen LogP contribution < -0.4 is 0 Å². The number of aliphatic carboxylic acids is 1. The predicted molar refractivity (Wildman–Crippen MR) is 71.4 cm³/mol. The quantitative estimate of drug-likeness (QED) is 0.913. The van der Waals surface area contributed by atoms with Gasteiger partial charge in [0.15, 0.2) is 0 Å². The van der Waals surface area contributed by atoms with Gasteiger partial charge < -0.3 is 5.11 Å². The Hall–Kier alpha value is -1.42. The summed E-state index contributed by atoms with van der Waals surface area (Å²) in [7, 11) is 0. The molecule has 1 aromatic rings. The first kappa shape index (κ1) is 14.0. The number of hydrogen-bond acceptors (Lipinski definition) is 2. The Labute approximate surface area is 113 Å². The molecule has 19 heavy (non-hydrogen) atoms. The van der Waals surface area contributed by atoms with Crippen molar-refractivity contribution >= 4 is 5.97 Å². The van der Waals surface area contributed by atoms with E-state index < -0.39 is 5.97 Å². The third-order valence-corrected chi connectivity index (χ3v) is 4.12. The van der Waals surface area contributed by atoms with Crippen molar-refractivity contribution in [2.24, 2.45) is 5.92 Å². The maximum atomic E-state index is 13.3. The summed E-state index contributed by atoms with van der Waals surface area (Å²) in [6, 6.07) is 4.77. The molecule has 1 aliphatic heterocycles. The molecule has 0 bridgehead atoms. The summed E-state index contributed by atoms with van der Waals surface area (Å²) in [6.45, 7) is 5.40. The molecule has 2 rings (SSSR count). The average molecular weight is 265 g/mol. The number of rotatable bonds is 3. The Morgan fingerprint density at radius 2 is 2.26 bits per heavy atom. The van der Waals surface area contributed by atoms with Crippen LogP contribution in [0.2, 0.25) is 0 Å². The van der Waals surface area contributed by atoms with Crippen LogP contribution in [0.25, 0.3) is 0 Å². The van der Waals surface area contributed by atoms with Crippen LogP contribution in [0.15, 0.2) is 18.2 Å². The van der Waals surface area contributed by atoms with E-state index in [9.17, 15) is 14.3 Å². The number of carboxylic acid groups (broad SMARTS) is 1. The van der Waals surface area contributed by atoms with Gasteiger partial charge in [-0.25, -0.2) is 4.39 Å². The maximum absolute atomic E-state index is 13.3. The summed E-state index contributed by atoms with van der Waals surface area (Å²) in [4.78, 5) is 13.3. The molecule has 0 aliphatic carbocycles. The molecule has 2 atom stereocenters. The van der Waals surface area contributed by atoms with E-state index in [1.54, 1.807) is 12.1 Å². The summed E-state index contributed by atoms with van der Waals surface area (Å²) in [5.41, 5.74) is 1.99. The number of halogens is 1. The molecule has 3 nitrogen and oxygen atoms in total. The topological polar surface area (TPSA) is 40.5 Å². The van der Waals surface area contributed by atoms with E-state index >= 15 is 0 Å². The highest BCUT2D eigenvalue weighted by Crippen LogP contribution is 2.26. The van der Waals surface area contributed by atoms with Gasteiger partial charge in [0.1, 0.15) is 5.82 Å². The van der Waals surface area contributed by atoms with E-state index in [0.29, 0.717) is 6.54 Å². The lowest BCUT2D eigenvalue weighted by Crippen LogP contribution is -2.45. The van der Waals surface area contributed by atoms with Gasteiger partial charge in [-0.2, -0.15) is 0 Å². The molecule has 1 N–H and O–H groups in total. The van der Waals surface area contributed by atoms with Gasteiger partial charge in [-0.15, -0.1) is 0 Å². The zero-order chi connectivity index (χ0) is 14.0. The lowest BCUT2D eigenvalue weighted by atomic mass is 9.90. The Bertz CT molecular complexity index is 475. The summed E-state index contributed by atoms with van der Waals surface area (Å²) in [5, 5.41) is 9.20. The molecule has 1 saturated heterocycles. The first-order valence-electron chi connectivity index (χ1n) is 6.71. The van der Waals surface area contributed by atoms with Gasteiger partial charge in [-0.05, 0) is 56.5 Å². The van der Waals surface area contributed by atoms with Crippen LogP contribution >= 0.6 is 0 Å². The van der Waals surface area contributed by atoms with Gasteiger partial charge >= 0.3 is 5.97 Å². The highest BCUT2D eigenvalue weighted by atomic mass is 19.1. The number of benzene rings is 1. The number of carbonyl (C=O) groups is 1. The summed E-state index contributed by atoms with van der Waals surface area (Å²) >= 11 is 0. The number of hydrogen-bond donors (Lipinski definition) is 1. The maximum Gasteiger partial charge on any atom is 0.308 e. The SMILES string of the molecule is Cc1ccc(F)cc1CN1CCC[C@@H](C(=O)O)[C@H]1C. The summed E-state index contributed by atoms with van der Waals surface area (Å²) in [6.07, 6.45) is 1.62. The molecule has 1 heterocycles. The van der Waals surface area contributed by atoms with Crippen molar-refractivity contribution in [2.45, 2.75) is 39.3 Å². The van der Waals surface area contributed by atoms with E-state index in [1.165, 1.54) is 6.07 Å². The van der Waals surface area contributed by atoms with Gasteiger partial charge in [0.2, 0.25) is 0 Å². The fraction of sp³-hybridized carbons (Fsp3) is 0.533. The Morgan fingerprint density at radius 3 is 2.95 bits per heavy atom. The number of nitrogens with zero attached hydrogens (tertiary/aromatic N) is 1. The van der Waals surface area contributed by atoms with Crippen molar-refractivity contribution in [3.8, 4) is 0 Å². The van der Waals surface area contributed by atoms with E-state index in [1.807, 2.05) is 13.8 Å². The first-order chi connectivity index (χ1) is 8.99. The molecule has 1 aliphatic rings. The fourth-order valence-corrected chi connectivity index (χ4v) is 2.80. The van der Waals surface area contributed by atoms with Crippen LogP contribution in [0.5, 0.6) is 0 Å². The van der Waals surface area contributed by atoms with Crippen molar-refractivity contribution in [3.05, 3.63) is 35.1 Å². The second-order valence-corrected chi connectivity index (χ2v) is 5.37. The van der Waals surface area contributed by atoms with E-state index in [2.05, 4.69) is 4.90 Å². The molecule has 4 heteroatoms. The monoisotopic (exact) mass is 265 g/mol. The molecular formula is C15H20FNO2. The van der Waals surface area contributed by atoms with Crippen molar-refractivity contribution in [3.63, 3.8) is 0 Å². The van der Waals surface area contributed by atoms with Crippen molar-refractivity contribution < 1.29 is 14.3 Å².